The lowest BCUT2D eigenvalue weighted by atomic mass is 10.2. The zero-order valence-electron chi connectivity index (χ0n) is 10.4. The lowest BCUT2D eigenvalue weighted by molar-refractivity contribution is -0.114. The molecule has 0 bridgehead atoms. The van der Waals surface area contributed by atoms with Crippen molar-refractivity contribution in [1.29, 1.82) is 0 Å². The summed E-state index contributed by atoms with van der Waals surface area (Å²) in [6.07, 6.45) is 5.69. The molecule has 0 aliphatic heterocycles. The van der Waals surface area contributed by atoms with Gasteiger partial charge in [0, 0.05) is 30.4 Å². The lowest BCUT2D eigenvalue weighted by Gasteiger charge is -2.25. The van der Waals surface area contributed by atoms with Gasteiger partial charge in [-0.15, -0.1) is 0 Å². The van der Waals surface area contributed by atoms with Crippen LogP contribution in [0.1, 0.15) is 32.6 Å². The predicted molar refractivity (Wildman–Crippen MR) is 71.0 cm³/mol. The minimum absolute atomic E-state index is 0.262. The van der Waals surface area contributed by atoms with Gasteiger partial charge in [-0.05, 0) is 25.0 Å². The van der Waals surface area contributed by atoms with Crippen LogP contribution in [0, 0.1) is 0 Å². The summed E-state index contributed by atoms with van der Waals surface area (Å²) in [4.78, 5) is 13.6. The van der Waals surface area contributed by atoms with Crippen LogP contribution in [0.25, 0.3) is 0 Å². The largest absolute Gasteiger partial charge is 0.345 e. The molecule has 1 aliphatic carbocycles. The van der Waals surface area contributed by atoms with E-state index in [0.717, 1.165) is 19.4 Å². The Morgan fingerprint density at radius 3 is 2.53 bits per heavy atom. The van der Waals surface area contributed by atoms with Crippen LogP contribution in [0.5, 0.6) is 0 Å². The van der Waals surface area contributed by atoms with Crippen LogP contribution in [0.4, 0.5) is 5.69 Å². The number of anilines is 1. The van der Waals surface area contributed by atoms with Gasteiger partial charge in [0.25, 0.3) is 0 Å². The third kappa shape index (κ3) is 2.96. The molecule has 0 aromatic heterocycles. The molecular formula is C15H19NO. The molecule has 0 spiro atoms. The second-order valence-corrected chi connectivity index (χ2v) is 4.44. The summed E-state index contributed by atoms with van der Waals surface area (Å²) in [7, 11) is 0. The zero-order valence-corrected chi connectivity index (χ0v) is 10.4. The number of carbonyl (C=O) groups is 1. The van der Waals surface area contributed by atoms with Crippen molar-refractivity contribution in [3.8, 4) is 0 Å². The normalized spacial score (nSPS) is 14.9. The number of ketones is 1. The summed E-state index contributed by atoms with van der Waals surface area (Å²) in [5.41, 5.74) is 2.37. The van der Waals surface area contributed by atoms with Crippen molar-refractivity contribution >= 4 is 11.5 Å². The van der Waals surface area contributed by atoms with Gasteiger partial charge in [0.2, 0.25) is 0 Å². The molecule has 0 saturated heterocycles. The summed E-state index contributed by atoms with van der Waals surface area (Å²) < 4.78 is 0. The highest BCUT2D eigenvalue weighted by atomic mass is 16.1. The van der Waals surface area contributed by atoms with Gasteiger partial charge in [-0.25, -0.2) is 0 Å². The highest BCUT2D eigenvalue weighted by Crippen LogP contribution is 2.26. The van der Waals surface area contributed by atoms with Crippen molar-refractivity contribution in [2.24, 2.45) is 0 Å². The van der Waals surface area contributed by atoms with E-state index in [2.05, 4.69) is 24.0 Å². The second-order valence-electron chi connectivity index (χ2n) is 4.44. The number of hydrogen-bond acceptors (Lipinski definition) is 2. The minimum Gasteiger partial charge on any atom is -0.345 e. The number of nitrogens with zero attached hydrogens (tertiary/aromatic N) is 1. The maximum atomic E-state index is 11.4. The summed E-state index contributed by atoms with van der Waals surface area (Å²) in [5, 5.41) is 0. The van der Waals surface area contributed by atoms with Crippen molar-refractivity contribution in [2.75, 3.05) is 11.4 Å². The molecule has 0 heterocycles. The van der Waals surface area contributed by atoms with Crippen molar-refractivity contribution in [1.82, 2.24) is 0 Å². The van der Waals surface area contributed by atoms with E-state index in [9.17, 15) is 4.79 Å². The molecule has 2 nitrogen and oxygen atoms in total. The molecule has 0 saturated carbocycles. The molecule has 1 aliphatic rings. The quantitative estimate of drug-likeness (QED) is 0.769. The molecule has 2 rings (SSSR count). The van der Waals surface area contributed by atoms with E-state index in [1.54, 1.807) is 0 Å². The Labute approximate surface area is 103 Å². The molecule has 0 radical (unpaired) electrons. The number of unbranched alkanes of at least 4 members (excludes halogenated alkanes) is 1. The first-order valence-corrected chi connectivity index (χ1v) is 6.37. The fraction of sp³-hybridized carbons (Fsp3) is 0.400. The molecular weight excluding hydrogens is 210 g/mol. The Morgan fingerprint density at radius 1 is 1.18 bits per heavy atom. The average molecular weight is 229 g/mol. The van der Waals surface area contributed by atoms with Crippen LogP contribution in [-0.4, -0.2) is 12.3 Å². The average Bonchev–Trinajstić information content (AvgIpc) is 2.78. The van der Waals surface area contributed by atoms with Crippen LogP contribution in [0.3, 0.4) is 0 Å². The molecule has 1 aromatic carbocycles. The minimum atomic E-state index is 0.262. The van der Waals surface area contributed by atoms with Gasteiger partial charge in [0.05, 0.1) is 0 Å². The van der Waals surface area contributed by atoms with E-state index in [-0.39, 0.29) is 5.78 Å². The maximum Gasteiger partial charge on any atom is 0.157 e. The molecule has 1 aromatic rings. The molecule has 0 atom stereocenters. The van der Waals surface area contributed by atoms with Gasteiger partial charge in [-0.3, -0.25) is 4.79 Å². The third-order valence-electron chi connectivity index (χ3n) is 3.10. The molecule has 0 amide bonds. The summed E-state index contributed by atoms with van der Waals surface area (Å²) in [6, 6.07) is 10.3. The Kier molecular flexibility index (Phi) is 3.97. The van der Waals surface area contributed by atoms with E-state index in [0.29, 0.717) is 6.42 Å². The van der Waals surface area contributed by atoms with Gasteiger partial charge >= 0.3 is 0 Å². The Morgan fingerprint density at radius 2 is 1.94 bits per heavy atom. The Hall–Kier alpha value is -1.57. The van der Waals surface area contributed by atoms with Gasteiger partial charge in [0.1, 0.15) is 0 Å². The summed E-state index contributed by atoms with van der Waals surface area (Å²) in [6.45, 7) is 3.19. The maximum absolute atomic E-state index is 11.4. The predicted octanol–water partition coefficient (Wildman–Crippen LogP) is 3.54. The molecule has 0 unspecified atom stereocenters. The van der Waals surface area contributed by atoms with E-state index < -0.39 is 0 Å². The van der Waals surface area contributed by atoms with E-state index in [1.807, 2.05) is 24.3 Å². The first-order valence-electron chi connectivity index (χ1n) is 6.37. The monoisotopic (exact) mass is 229 g/mol. The second kappa shape index (κ2) is 5.67. The fourth-order valence-electron chi connectivity index (χ4n) is 2.16. The van der Waals surface area contributed by atoms with Crippen LogP contribution in [0.15, 0.2) is 42.1 Å². The molecule has 0 fully saturated rings. The van der Waals surface area contributed by atoms with Gasteiger partial charge in [0.15, 0.2) is 5.78 Å². The van der Waals surface area contributed by atoms with Crippen LogP contribution < -0.4 is 4.90 Å². The van der Waals surface area contributed by atoms with Crippen LogP contribution in [-0.2, 0) is 4.79 Å². The highest BCUT2D eigenvalue weighted by molar-refractivity contribution is 5.93. The smallest absolute Gasteiger partial charge is 0.157 e. The van der Waals surface area contributed by atoms with Crippen LogP contribution in [0.2, 0.25) is 0 Å². The first-order chi connectivity index (χ1) is 8.31. The van der Waals surface area contributed by atoms with Crippen molar-refractivity contribution in [2.45, 2.75) is 32.6 Å². The van der Waals surface area contributed by atoms with Crippen molar-refractivity contribution in [3.63, 3.8) is 0 Å². The van der Waals surface area contributed by atoms with Crippen molar-refractivity contribution in [3.05, 3.63) is 42.1 Å². The van der Waals surface area contributed by atoms with Gasteiger partial charge in [-0.1, -0.05) is 31.5 Å². The third-order valence-corrected chi connectivity index (χ3v) is 3.10. The van der Waals surface area contributed by atoms with E-state index in [4.69, 9.17) is 0 Å². The Balaban J connectivity index is 2.19. The SMILES string of the molecule is CCCCN(C1=CC(=O)CC1)c1ccccc1. The Bertz CT molecular complexity index is 408. The standard InChI is InChI=1S/C15H19NO/c1-2-3-11-16(13-7-5-4-6-8-13)14-9-10-15(17)12-14/h4-8,12H,2-3,9-11H2,1H3. The van der Waals surface area contributed by atoms with Gasteiger partial charge in [-0.2, -0.15) is 0 Å². The lowest BCUT2D eigenvalue weighted by Crippen LogP contribution is -2.22. The van der Waals surface area contributed by atoms with Gasteiger partial charge < -0.3 is 4.90 Å². The topological polar surface area (TPSA) is 20.3 Å². The van der Waals surface area contributed by atoms with E-state index in [1.165, 1.54) is 17.8 Å². The summed E-state index contributed by atoms with van der Waals surface area (Å²) in [5.74, 6) is 0.262. The number of para-hydroxylation sites is 1. The number of benzene rings is 1. The number of hydrogen-bond donors (Lipinski definition) is 0. The number of allylic oxidation sites excluding steroid dienone is 2. The first kappa shape index (κ1) is 11.9. The van der Waals surface area contributed by atoms with Crippen molar-refractivity contribution < 1.29 is 4.79 Å². The molecule has 2 heteroatoms. The van der Waals surface area contributed by atoms with E-state index >= 15 is 0 Å². The number of carbonyl (C=O) groups excluding carboxylic acids is 1. The molecule has 0 N–H and O–H groups in total. The molecule has 17 heavy (non-hydrogen) atoms. The zero-order chi connectivity index (χ0) is 12.1. The van der Waals surface area contributed by atoms with Crippen LogP contribution >= 0.6 is 0 Å². The molecule has 90 valence electrons. The summed E-state index contributed by atoms with van der Waals surface area (Å²) >= 11 is 0. The fourth-order valence-corrected chi connectivity index (χ4v) is 2.16. The highest BCUT2D eigenvalue weighted by Gasteiger charge is 2.18. The number of rotatable bonds is 5.